The van der Waals surface area contributed by atoms with Gasteiger partial charge in [-0.2, -0.15) is 0 Å². The molecule has 0 aliphatic heterocycles. The van der Waals surface area contributed by atoms with Gasteiger partial charge in [0, 0.05) is 23.7 Å². The zero-order chi connectivity index (χ0) is 24.0. The molecule has 33 heavy (non-hydrogen) atoms. The number of carbonyl (C=O) groups excluding carboxylic acids is 1. The summed E-state index contributed by atoms with van der Waals surface area (Å²) in [6.45, 7) is -0.0462. The van der Waals surface area contributed by atoms with Crippen LogP contribution in [0.5, 0.6) is 0 Å². The summed E-state index contributed by atoms with van der Waals surface area (Å²) in [7, 11) is 1.39. The third-order valence-electron chi connectivity index (χ3n) is 4.95. The number of nitrogens with zero attached hydrogens (tertiary/aromatic N) is 1. The number of nitrogens with one attached hydrogen (secondary N) is 2. The predicted molar refractivity (Wildman–Crippen MR) is 117 cm³/mol. The number of aliphatic carboxylic acids is 1. The van der Waals surface area contributed by atoms with Crippen LogP contribution in [0.3, 0.4) is 0 Å². The lowest BCUT2D eigenvalue weighted by molar-refractivity contribution is -0.144. The van der Waals surface area contributed by atoms with Gasteiger partial charge in [0.25, 0.3) is 5.91 Å². The molecule has 174 valence electrons. The number of benzene rings is 2. The molecule has 0 bridgehead atoms. The van der Waals surface area contributed by atoms with E-state index in [9.17, 15) is 23.9 Å². The van der Waals surface area contributed by atoms with E-state index < -0.39 is 35.4 Å². The molecule has 0 unspecified atom stereocenters. The quantitative estimate of drug-likeness (QED) is 0.408. The molecule has 3 rings (SSSR count). The molecule has 0 fully saturated rings. The Morgan fingerprint density at radius 1 is 1.27 bits per heavy atom. The number of rotatable bonds is 10. The number of hydrogen-bond donors (Lipinski definition) is 3. The van der Waals surface area contributed by atoms with Crippen molar-refractivity contribution in [3.63, 3.8) is 0 Å². The number of amides is 1. The van der Waals surface area contributed by atoms with Crippen molar-refractivity contribution in [2.45, 2.75) is 18.9 Å². The van der Waals surface area contributed by atoms with Crippen molar-refractivity contribution in [2.75, 3.05) is 13.7 Å². The molecule has 0 aliphatic carbocycles. The highest BCUT2D eigenvalue weighted by Gasteiger charge is 2.25. The van der Waals surface area contributed by atoms with Gasteiger partial charge >= 0.3 is 11.7 Å². The van der Waals surface area contributed by atoms with E-state index in [2.05, 4.69) is 20.0 Å². The maximum Gasteiger partial charge on any atom is 0.439 e. The van der Waals surface area contributed by atoms with Gasteiger partial charge in [-0.05, 0) is 47.3 Å². The highest BCUT2D eigenvalue weighted by molar-refractivity contribution is 6.30. The van der Waals surface area contributed by atoms with Gasteiger partial charge in [-0.15, -0.1) is 0 Å². The zero-order valence-electron chi connectivity index (χ0n) is 17.5. The van der Waals surface area contributed by atoms with Crippen LogP contribution in [-0.2, 0) is 16.0 Å². The smallest absolute Gasteiger partial charge is 0.439 e. The van der Waals surface area contributed by atoms with Crippen LogP contribution >= 0.6 is 11.6 Å². The van der Waals surface area contributed by atoms with Crippen molar-refractivity contribution >= 4 is 23.5 Å². The molecule has 2 atom stereocenters. The van der Waals surface area contributed by atoms with Crippen molar-refractivity contribution in [1.29, 1.82) is 0 Å². The molecular weight excluding hydrogens is 457 g/mol. The molecule has 1 amide bonds. The minimum atomic E-state index is -1.07. The van der Waals surface area contributed by atoms with Gasteiger partial charge in [0.2, 0.25) is 5.82 Å². The topological polar surface area (TPSA) is 135 Å². The number of carboxylic acids is 1. The Morgan fingerprint density at radius 2 is 2.00 bits per heavy atom. The second-order valence-corrected chi connectivity index (χ2v) is 7.80. The highest BCUT2D eigenvalue weighted by Crippen LogP contribution is 2.26. The van der Waals surface area contributed by atoms with E-state index in [0.29, 0.717) is 16.1 Å². The van der Waals surface area contributed by atoms with Crippen LogP contribution in [0, 0.1) is 11.7 Å². The third-order valence-corrected chi connectivity index (χ3v) is 5.19. The molecule has 11 heteroatoms. The number of methoxy groups -OCH3 is 1. The van der Waals surface area contributed by atoms with E-state index in [1.165, 1.54) is 25.3 Å². The summed E-state index contributed by atoms with van der Waals surface area (Å²) < 4.78 is 23.5. The van der Waals surface area contributed by atoms with Crippen LogP contribution in [0.2, 0.25) is 5.02 Å². The fourth-order valence-electron chi connectivity index (χ4n) is 3.38. The largest absolute Gasteiger partial charge is 0.481 e. The summed E-state index contributed by atoms with van der Waals surface area (Å²) in [5.74, 6) is -4.29. The first-order valence-corrected chi connectivity index (χ1v) is 10.3. The van der Waals surface area contributed by atoms with Crippen LogP contribution in [0.15, 0.2) is 51.8 Å². The molecule has 0 saturated heterocycles. The first kappa shape index (κ1) is 24.1. The number of carbonyl (C=O) groups is 2. The monoisotopic (exact) mass is 477 g/mol. The normalized spacial score (nSPS) is 12.8. The lowest BCUT2D eigenvalue weighted by Crippen LogP contribution is -2.40. The van der Waals surface area contributed by atoms with Gasteiger partial charge in [0.05, 0.1) is 12.5 Å². The Balaban J connectivity index is 1.80. The van der Waals surface area contributed by atoms with Crippen molar-refractivity contribution in [3.8, 4) is 11.1 Å². The number of ether oxygens (including phenoxy) is 1. The lowest BCUT2D eigenvalue weighted by Gasteiger charge is -2.22. The second-order valence-electron chi connectivity index (χ2n) is 7.37. The Labute approximate surface area is 192 Å². The van der Waals surface area contributed by atoms with Gasteiger partial charge in [0.1, 0.15) is 5.82 Å². The van der Waals surface area contributed by atoms with Gasteiger partial charge in [0.15, 0.2) is 0 Å². The average molecular weight is 478 g/mol. The van der Waals surface area contributed by atoms with Crippen LogP contribution < -0.4 is 11.1 Å². The zero-order valence-corrected chi connectivity index (χ0v) is 18.3. The van der Waals surface area contributed by atoms with Crippen molar-refractivity contribution in [3.05, 3.63) is 75.2 Å². The molecule has 1 aromatic heterocycles. The standard InChI is InChI=1S/C22H21ClFN3O6/c1-32-11-14(21(29)30)9-16(25-20(28)19-26-22(31)33-27-19)8-12-2-4-13(5-3-12)17-10-15(23)6-7-18(17)24/h2-7,10,14,16H,8-9,11H2,1H3,(H,25,28)(H,29,30)(H,26,27,31)/t14-,16+/m0/s1. The van der Waals surface area contributed by atoms with E-state index >= 15 is 0 Å². The predicted octanol–water partition coefficient (Wildman–Crippen LogP) is 2.90. The van der Waals surface area contributed by atoms with Crippen molar-refractivity contribution in [1.82, 2.24) is 15.5 Å². The maximum absolute atomic E-state index is 14.2. The van der Waals surface area contributed by atoms with Crippen molar-refractivity contribution < 1.29 is 28.3 Å². The van der Waals surface area contributed by atoms with Crippen LogP contribution in [0.4, 0.5) is 4.39 Å². The fraction of sp³-hybridized carbons (Fsp3) is 0.273. The summed E-state index contributed by atoms with van der Waals surface area (Å²) in [5.41, 5.74) is 1.73. The lowest BCUT2D eigenvalue weighted by atomic mass is 9.94. The van der Waals surface area contributed by atoms with Gasteiger partial charge in [-0.25, -0.2) is 9.18 Å². The van der Waals surface area contributed by atoms with Crippen LogP contribution in [-0.4, -0.2) is 46.9 Å². The van der Waals surface area contributed by atoms with Gasteiger partial charge in [-0.3, -0.25) is 19.1 Å². The summed E-state index contributed by atoms with van der Waals surface area (Å²) in [6, 6.07) is 10.6. The molecule has 0 saturated carbocycles. The molecule has 3 N–H and O–H groups in total. The first-order valence-electron chi connectivity index (χ1n) is 9.89. The highest BCUT2D eigenvalue weighted by atomic mass is 35.5. The molecular formula is C22H21ClFN3O6. The number of halogens is 2. The molecule has 2 aromatic carbocycles. The van der Waals surface area contributed by atoms with Gasteiger partial charge in [-0.1, -0.05) is 35.9 Å². The summed E-state index contributed by atoms with van der Waals surface area (Å²) >= 11 is 5.97. The number of aromatic amines is 1. The summed E-state index contributed by atoms with van der Waals surface area (Å²) in [5, 5.41) is 15.9. The second kappa shape index (κ2) is 10.9. The van der Waals surface area contributed by atoms with E-state index in [0.717, 1.165) is 5.56 Å². The van der Waals surface area contributed by atoms with E-state index in [1.807, 2.05) is 0 Å². The minimum Gasteiger partial charge on any atom is -0.481 e. The number of aromatic nitrogens is 2. The number of hydrogen-bond acceptors (Lipinski definition) is 6. The molecule has 1 heterocycles. The molecule has 3 aromatic rings. The number of carboxylic acid groups (broad SMARTS) is 1. The fourth-order valence-corrected chi connectivity index (χ4v) is 3.56. The minimum absolute atomic E-state index is 0.0462. The average Bonchev–Trinajstić information content (AvgIpc) is 3.22. The summed E-state index contributed by atoms with van der Waals surface area (Å²) in [6.07, 6.45) is 0.321. The van der Waals surface area contributed by atoms with Crippen LogP contribution in [0.25, 0.3) is 11.1 Å². The Kier molecular flexibility index (Phi) is 7.96. The van der Waals surface area contributed by atoms with Crippen LogP contribution in [0.1, 0.15) is 22.6 Å². The van der Waals surface area contributed by atoms with E-state index in [1.54, 1.807) is 24.3 Å². The maximum atomic E-state index is 14.2. The Bertz CT molecular complexity index is 1180. The summed E-state index contributed by atoms with van der Waals surface area (Å²) in [4.78, 5) is 37.3. The molecule has 0 aliphatic rings. The number of H-pyrrole nitrogens is 1. The van der Waals surface area contributed by atoms with E-state index in [4.69, 9.17) is 16.3 Å². The van der Waals surface area contributed by atoms with E-state index in [-0.39, 0.29) is 25.3 Å². The Hall–Kier alpha value is -3.50. The SMILES string of the molecule is COC[C@H](C[C@@H](Cc1ccc(-c2cc(Cl)ccc2F)cc1)NC(=O)c1noc(=O)[nH]1)C(=O)O. The molecule has 0 radical (unpaired) electrons. The first-order chi connectivity index (χ1) is 15.8. The van der Waals surface area contributed by atoms with Gasteiger partial charge < -0.3 is 15.2 Å². The Morgan fingerprint density at radius 3 is 2.61 bits per heavy atom. The van der Waals surface area contributed by atoms with Crippen molar-refractivity contribution in [2.24, 2.45) is 5.92 Å². The molecule has 0 spiro atoms. The third kappa shape index (κ3) is 6.50. The molecule has 9 nitrogen and oxygen atoms in total.